The highest BCUT2D eigenvalue weighted by atomic mass is 32.2. The Morgan fingerprint density at radius 2 is 2.14 bits per heavy atom. The van der Waals surface area contributed by atoms with Gasteiger partial charge in [0.15, 0.2) is 5.16 Å². The van der Waals surface area contributed by atoms with Crippen molar-refractivity contribution < 1.29 is 4.74 Å². The lowest BCUT2D eigenvalue weighted by atomic mass is 10.2. The Kier molecular flexibility index (Phi) is 4.49. The van der Waals surface area contributed by atoms with Gasteiger partial charge in [-0.3, -0.25) is 9.36 Å². The lowest BCUT2D eigenvalue weighted by molar-refractivity contribution is 0.414. The Bertz CT molecular complexity index is 741. The third-order valence-electron chi connectivity index (χ3n) is 3.49. The smallest absolute Gasteiger partial charge is 0.272 e. The molecule has 0 saturated heterocycles. The average Bonchev–Trinajstić information content (AvgIpc) is 2.89. The summed E-state index contributed by atoms with van der Waals surface area (Å²) < 4.78 is 6.91. The van der Waals surface area contributed by atoms with Crippen LogP contribution in [0.4, 0.5) is 0 Å². The van der Waals surface area contributed by atoms with Crippen molar-refractivity contribution in [2.24, 2.45) is 0 Å². The van der Waals surface area contributed by atoms with Crippen LogP contribution in [0.3, 0.4) is 0 Å². The van der Waals surface area contributed by atoms with Crippen LogP contribution in [-0.4, -0.2) is 27.7 Å². The molecule has 0 N–H and O–H groups in total. The number of benzene rings is 1. The van der Waals surface area contributed by atoms with E-state index in [4.69, 9.17) is 9.72 Å². The van der Waals surface area contributed by atoms with Gasteiger partial charge in [0.2, 0.25) is 0 Å². The molecule has 116 valence electrons. The monoisotopic (exact) mass is 334 g/mol. The van der Waals surface area contributed by atoms with E-state index >= 15 is 0 Å². The summed E-state index contributed by atoms with van der Waals surface area (Å²) >= 11 is 3.23. The van der Waals surface area contributed by atoms with E-state index in [2.05, 4.69) is 13.8 Å². The van der Waals surface area contributed by atoms with E-state index in [1.165, 1.54) is 0 Å². The second-order valence-corrected chi connectivity index (χ2v) is 7.75. The van der Waals surface area contributed by atoms with Crippen LogP contribution in [-0.2, 0) is 6.42 Å². The van der Waals surface area contributed by atoms with E-state index in [-0.39, 0.29) is 5.56 Å². The van der Waals surface area contributed by atoms with Crippen LogP contribution in [0, 0.1) is 0 Å². The zero-order valence-corrected chi connectivity index (χ0v) is 14.5. The molecule has 0 radical (unpaired) electrons. The van der Waals surface area contributed by atoms with Gasteiger partial charge in [-0.15, -0.1) is 11.8 Å². The summed E-state index contributed by atoms with van der Waals surface area (Å²) in [7, 11) is 1.63. The molecule has 6 heteroatoms. The fraction of sp³-hybridized carbons (Fsp3) is 0.375. The van der Waals surface area contributed by atoms with Crippen LogP contribution in [0.15, 0.2) is 39.1 Å². The summed E-state index contributed by atoms with van der Waals surface area (Å²) in [4.78, 5) is 18.5. The summed E-state index contributed by atoms with van der Waals surface area (Å²) in [5.74, 6) is 1.66. The Morgan fingerprint density at radius 3 is 2.77 bits per heavy atom. The Labute approximate surface area is 138 Å². The highest BCUT2D eigenvalue weighted by Gasteiger charge is 2.26. The average molecular weight is 334 g/mol. The van der Waals surface area contributed by atoms with Crippen molar-refractivity contribution in [3.63, 3.8) is 0 Å². The minimum atomic E-state index is 0.0421. The predicted octanol–water partition coefficient (Wildman–Crippen LogP) is 3.39. The molecule has 1 atom stereocenters. The number of fused-ring (bicyclic) bond motifs is 1. The Morgan fingerprint density at radius 1 is 1.41 bits per heavy atom. The van der Waals surface area contributed by atoms with Gasteiger partial charge >= 0.3 is 0 Å². The maximum Gasteiger partial charge on any atom is 0.272 e. The van der Waals surface area contributed by atoms with Crippen molar-refractivity contribution in [1.82, 2.24) is 9.55 Å². The van der Waals surface area contributed by atoms with Gasteiger partial charge < -0.3 is 4.74 Å². The molecule has 0 saturated carbocycles. The normalized spacial score (nSPS) is 16.6. The van der Waals surface area contributed by atoms with Crippen LogP contribution >= 0.6 is 23.5 Å². The standard InChI is InChI=1S/C16H18N2O2S2/c1-4-21-16-17-13-9-10(2)22-14(13)15(19)18(16)11-5-7-12(20-3)8-6-11/h5-8,10H,4,9H2,1-3H3/t10-/m0/s1. The molecule has 0 unspecified atom stereocenters. The van der Waals surface area contributed by atoms with E-state index in [1.807, 2.05) is 24.3 Å². The largest absolute Gasteiger partial charge is 0.497 e. The topological polar surface area (TPSA) is 44.1 Å². The maximum atomic E-state index is 12.9. The fourth-order valence-corrected chi connectivity index (χ4v) is 4.34. The number of ether oxygens (including phenoxy) is 1. The molecule has 3 rings (SSSR count). The second kappa shape index (κ2) is 6.38. The van der Waals surface area contributed by atoms with Gasteiger partial charge in [-0.2, -0.15) is 0 Å². The Balaban J connectivity index is 2.16. The number of hydrogen-bond donors (Lipinski definition) is 0. The molecule has 1 aromatic heterocycles. The van der Waals surface area contributed by atoms with Gasteiger partial charge in [0, 0.05) is 11.7 Å². The third-order valence-corrected chi connectivity index (χ3v) is 5.52. The van der Waals surface area contributed by atoms with Crippen molar-refractivity contribution >= 4 is 23.5 Å². The fourth-order valence-electron chi connectivity index (χ4n) is 2.48. The van der Waals surface area contributed by atoms with Crippen molar-refractivity contribution in [3.05, 3.63) is 40.3 Å². The molecule has 0 aliphatic carbocycles. The molecule has 1 aromatic carbocycles. The van der Waals surface area contributed by atoms with E-state index in [1.54, 1.807) is 35.2 Å². The number of nitrogens with zero attached hydrogens (tertiary/aromatic N) is 2. The number of hydrogen-bond acceptors (Lipinski definition) is 5. The van der Waals surface area contributed by atoms with Gasteiger partial charge in [0.1, 0.15) is 5.75 Å². The van der Waals surface area contributed by atoms with E-state index in [0.29, 0.717) is 5.25 Å². The van der Waals surface area contributed by atoms with Crippen LogP contribution in [0.25, 0.3) is 5.69 Å². The van der Waals surface area contributed by atoms with E-state index in [0.717, 1.165) is 39.4 Å². The van der Waals surface area contributed by atoms with Gasteiger partial charge in [0.25, 0.3) is 5.56 Å². The molecule has 22 heavy (non-hydrogen) atoms. The van der Waals surface area contributed by atoms with Crippen LogP contribution in [0.2, 0.25) is 0 Å². The number of methoxy groups -OCH3 is 1. The SMILES string of the molecule is CCSc1nc2c(c(=O)n1-c1ccc(OC)cc1)S[C@@H](C)C2. The van der Waals surface area contributed by atoms with Crippen molar-refractivity contribution in [2.75, 3.05) is 12.9 Å². The van der Waals surface area contributed by atoms with Gasteiger partial charge in [-0.1, -0.05) is 25.6 Å². The van der Waals surface area contributed by atoms with E-state index in [9.17, 15) is 4.79 Å². The molecule has 4 nitrogen and oxygen atoms in total. The maximum absolute atomic E-state index is 12.9. The lowest BCUT2D eigenvalue weighted by Crippen LogP contribution is -2.23. The minimum Gasteiger partial charge on any atom is -0.497 e. The first-order chi connectivity index (χ1) is 10.6. The highest BCUT2D eigenvalue weighted by molar-refractivity contribution is 8.00. The number of thioether (sulfide) groups is 2. The summed E-state index contributed by atoms with van der Waals surface area (Å²) in [6.45, 7) is 4.20. The van der Waals surface area contributed by atoms with Crippen LogP contribution < -0.4 is 10.3 Å². The molecule has 0 spiro atoms. The molecule has 0 bridgehead atoms. The number of rotatable bonds is 4. The van der Waals surface area contributed by atoms with Crippen molar-refractivity contribution in [3.8, 4) is 11.4 Å². The zero-order valence-electron chi connectivity index (χ0n) is 12.8. The first kappa shape index (κ1) is 15.5. The molecule has 1 aliphatic heterocycles. The summed E-state index contributed by atoms with van der Waals surface area (Å²) in [5, 5.41) is 1.19. The molecule has 2 heterocycles. The Hall–Kier alpha value is -1.40. The third kappa shape index (κ3) is 2.77. The molecular weight excluding hydrogens is 316 g/mol. The summed E-state index contributed by atoms with van der Waals surface area (Å²) in [5.41, 5.74) is 1.82. The second-order valence-electron chi connectivity index (χ2n) is 5.07. The molecule has 2 aromatic rings. The van der Waals surface area contributed by atoms with E-state index < -0.39 is 0 Å². The molecule has 1 aliphatic rings. The van der Waals surface area contributed by atoms with Gasteiger partial charge in [-0.25, -0.2) is 4.98 Å². The predicted molar refractivity (Wildman–Crippen MR) is 91.8 cm³/mol. The molecule has 0 fully saturated rings. The van der Waals surface area contributed by atoms with Crippen molar-refractivity contribution in [1.29, 1.82) is 0 Å². The zero-order chi connectivity index (χ0) is 15.7. The van der Waals surface area contributed by atoms with Crippen LogP contribution in [0.5, 0.6) is 5.75 Å². The summed E-state index contributed by atoms with van der Waals surface area (Å²) in [6.07, 6.45) is 0.871. The quantitative estimate of drug-likeness (QED) is 0.633. The van der Waals surface area contributed by atoms with Gasteiger partial charge in [-0.05, 0) is 30.0 Å². The van der Waals surface area contributed by atoms with Crippen LogP contribution in [0.1, 0.15) is 19.5 Å². The van der Waals surface area contributed by atoms with Crippen molar-refractivity contribution in [2.45, 2.75) is 35.6 Å². The number of aromatic nitrogens is 2. The first-order valence-corrected chi connectivity index (χ1v) is 9.10. The first-order valence-electron chi connectivity index (χ1n) is 7.23. The lowest BCUT2D eigenvalue weighted by Gasteiger charge is -2.13. The minimum absolute atomic E-state index is 0.0421. The summed E-state index contributed by atoms with van der Waals surface area (Å²) in [6, 6.07) is 7.53. The molecular formula is C16H18N2O2S2. The molecule has 0 amide bonds. The van der Waals surface area contributed by atoms with Gasteiger partial charge in [0.05, 0.1) is 23.4 Å². The highest BCUT2D eigenvalue weighted by Crippen LogP contribution is 2.34.